The summed E-state index contributed by atoms with van der Waals surface area (Å²) in [6.45, 7) is 1.60. The molecule has 1 aliphatic rings. The summed E-state index contributed by atoms with van der Waals surface area (Å²) in [5, 5.41) is 7.64. The van der Waals surface area contributed by atoms with Crippen LogP contribution in [0.1, 0.15) is 19.3 Å². The van der Waals surface area contributed by atoms with Gasteiger partial charge in [0.2, 0.25) is 0 Å². The molecule has 0 aromatic carbocycles. The smallest absolute Gasteiger partial charge is 0.314 e. The summed E-state index contributed by atoms with van der Waals surface area (Å²) in [5.74, 6) is 0. The average Bonchev–Trinajstić information content (AvgIpc) is 3.12. The molecule has 1 saturated carbocycles. The standard InChI is InChI=1S/C11H15N5O/c17-11-15-7-5-12-8-10(15)14-16(11)6-1-4-13-9-2-3-9/h5,7-9,13H,1-4,6H2. The highest BCUT2D eigenvalue weighted by Crippen LogP contribution is 2.18. The molecule has 1 aliphatic carbocycles. The minimum absolute atomic E-state index is 0.0891. The van der Waals surface area contributed by atoms with Gasteiger partial charge in [0.15, 0.2) is 5.65 Å². The molecule has 2 aromatic rings. The number of aromatic nitrogens is 4. The molecule has 2 aromatic heterocycles. The summed E-state index contributed by atoms with van der Waals surface area (Å²) < 4.78 is 3.02. The highest BCUT2D eigenvalue weighted by atomic mass is 16.2. The van der Waals surface area contributed by atoms with E-state index in [4.69, 9.17) is 0 Å². The molecule has 0 spiro atoms. The van der Waals surface area contributed by atoms with E-state index in [0.29, 0.717) is 12.2 Å². The van der Waals surface area contributed by atoms with Crippen molar-refractivity contribution in [1.29, 1.82) is 0 Å². The molecule has 1 N–H and O–H groups in total. The van der Waals surface area contributed by atoms with Crippen molar-refractivity contribution in [2.24, 2.45) is 0 Å². The van der Waals surface area contributed by atoms with Crippen molar-refractivity contribution in [1.82, 2.24) is 24.5 Å². The van der Waals surface area contributed by atoms with Crippen LogP contribution in [0.25, 0.3) is 5.65 Å². The van der Waals surface area contributed by atoms with Gasteiger partial charge in [-0.3, -0.25) is 4.98 Å². The number of hydrogen-bond acceptors (Lipinski definition) is 4. The highest BCUT2D eigenvalue weighted by molar-refractivity contribution is 5.31. The summed E-state index contributed by atoms with van der Waals surface area (Å²) in [6, 6.07) is 0.719. The van der Waals surface area contributed by atoms with E-state index in [0.717, 1.165) is 19.0 Å². The van der Waals surface area contributed by atoms with Crippen LogP contribution in [-0.4, -0.2) is 31.8 Å². The molecule has 0 atom stereocenters. The Morgan fingerprint density at radius 1 is 1.47 bits per heavy atom. The van der Waals surface area contributed by atoms with Gasteiger partial charge < -0.3 is 5.32 Å². The first-order chi connectivity index (χ1) is 8.34. The van der Waals surface area contributed by atoms with E-state index >= 15 is 0 Å². The summed E-state index contributed by atoms with van der Waals surface area (Å²) in [6.07, 6.45) is 8.34. The van der Waals surface area contributed by atoms with E-state index in [1.54, 1.807) is 18.6 Å². The van der Waals surface area contributed by atoms with Gasteiger partial charge in [0.25, 0.3) is 0 Å². The van der Waals surface area contributed by atoms with Crippen LogP contribution in [0.5, 0.6) is 0 Å². The van der Waals surface area contributed by atoms with Gasteiger partial charge in [-0.25, -0.2) is 13.9 Å². The number of hydrogen-bond donors (Lipinski definition) is 1. The molecule has 2 heterocycles. The predicted octanol–water partition coefficient (Wildman–Crippen LogP) is 0.0331. The zero-order chi connectivity index (χ0) is 11.7. The van der Waals surface area contributed by atoms with E-state index in [1.807, 2.05) is 0 Å². The van der Waals surface area contributed by atoms with Crippen LogP contribution in [0.15, 0.2) is 23.4 Å². The van der Waals surface area contributed by atoms with Crippen LogP contribution in [0.4, 0.5) is 0 Å². The Morgan fingerprint density at radius 3 is 3.12 bits per heavy atom. The zero-order valence-electron chi connectivity index (χ0n) is 9.54. The van der Waals surface area contributed by atoms with Gasteiger partial charge in [-0.15, -0.1) is 5.10 Å². The van der Waals surface area contributed by atoms with Crippen molar-refractivity contribution in [3.05, 3.63) is 29.1 Å². The lowest BCUT2D eigenvalue weighted by atomic mass is 10.4. The first kappa shape index (κ1) is 10.5. The Morgan fingerprint density at radius 2 is 2.35 bits per heavy atom. The van der Waals surface area contributed by atoms with Crippen LogP contribution in [0, 0.1) is 0 Å². The Labute approximate surface area is 98.3 Å². The Balaban J connectivity index is 1.67. The van der Waals surface area contributed by atoms with Gasteiger partial charge in [0.1, 0.15) is 0 Å². The number of nitrogens with one attached hydrogen (secondary N) is 1. The minimum Gasteiger partial charge on any atom is -0.314 e. The Bertz CT molecular complexity index is 568. The Kier molecular flexibility index (Phi) is 2.64. The van der Waals surface area contributed by atoms with Gasteiger partial charge in [-0.1, -0.05) is 0 Å². The minimum atomic E-state index is -0.0891. The average molecular weight is 233 g/mol. The molecule has 0 saturated heterocycles. The van der Waals surface area contributed by atoms with Crippen LogP contribution in [-0.2, 0) is 6.54 Å². The fraction of sp³-hybridized carbons (Fsp3) is 0.545. The van der Waals surface area contributed by atoms with Crippen LogP contribution in [0.2, 0.25) is 0 Å². The number of fused-ring (bicyclic) bond motifs is 1. The van der Waals surface area contributed by atoms with E-state index in [9.17, 15) is 4.79 Å². The number of aryl methyl sites for hydroxylation is 1. The van der Waals surface area contributed by atoms with E-state index in [-0.39, 0.29) is 5.69 Å². The third kappa shape index (κ3) is 2.21. The van der Waals surface area contributed by atoms with E-state index < -0.39 is 0 Å². The quantitative estimate of drug-likeness (QED) is 0.740. The molecule has 6 heteroatoms. The molecule has 0 bridgehead atoms. The third-order valence-corrected chi connectivity index (χ3v) is 2.95. The van der Waals surface area contributed by atoms with Crippen molar-refractivity contribution in [3.63, 3.8) is 0 Å². The number of nitrogens with zero attached hydrogens (tertiary/aromatic N) is 4. The summed E-state index contributed by atoms with van der Waals surface area (Å²) in [5.41, 5.74) is 0.515. The largest absolute Gasteiger partial charge is 0.350 e. The predicted molar refractivity (Wildman–Crippen MR) is 62.9 cm³/mol. The van der Waals surface area contributed by atoms with Crippen molar-refractivity contribution < 1.29 is 0 Å². The van der Waals surface area contributed by atoms with Crippen molar-refractivity contribution >= 4 is 5.65 Å². The van der Waals surface area contributed by atoms with Gasteiger partial charge in [-0.2, -0.15) is 0 Å². The molecule has 0 unspecified atom stereocenters. The molecular weight excluding hydrogens is 218 g/mol. The highest BCUT2D eigenvalue weighted by Gasteiger charge is 2.19. The topological polar surface area (TPSA) is 64.2 Å². The van der Waals surface area contributed by atoms with Gasteiger partial charge in [0.05, 0.1) is 6.20 Å². The van der Waals surface area contributed by atoms with Crippen molar-refractivity contribution in [2.75, 3.05) is 6.54 Å². The molecule has 17 heavy (non-hydrogen) atoms. The lowest BCUT2D eigenvalue weighted by Gasteiger charge is -2.01. The lowest BCUT2D eigenvalue weighted by molar-refractivity contribution is 0.530. The van der Waals surface area contributed by atoms with Crippen molar-refractivity contribution in [3.8, 4) is 0 Å². The first-order valence-electron chi connectivity index (χ1n) is 5.97. The molecule has 0 amide bonds. The zero-order valence-corrected chi connectivity index (χ0v) is 9.54. The van der Waals surface area contributed by atoms with E-state index in [1.165, 1.54) is 21.9 Å². The maximum Gasteiger partial charge on any atom is 0.350 e. The molecule has 3 rings (SSSR count). The van der Waals surface area contributed by atoms with Gasteiger partial charge >= 0.3 is 5.69 Å². The molecule has 0 aliphatic heterocycles. The van der Waals surface area contributed by atoms with Crippen LogP contribution >= 0.6 is 0 Å². The second-order valence-electron chi connectivity index (χ2n) is 4.39. The lowest BCUT2D eigenvalue weighted by Crippen LogP contribution is -2.24. The van der Waals surface area contributed by atoms with Crippen LogP contribution < -0.4 is 11.0 Å². The second-order valence-corrected chi connectivity index (χ2v) is 4.39. The van der Waals surface area contributed by atoms with Gasteiger partial charge in [-0.05, 0) is 25.8 Å². The third-order valence-electron chi connectivity index (χ3n) is 2.95. The molecule has 1 fully saturated rings. The summed E-state index contributed by atoms with van der Waals surface area (Å²) in [4.78, 5) is 15.8. The maximum absolute atomic E-state index is 11.9. The molecule has 90 valence electrons. The second kappa shape index (κ2) is 4.29. The van der Waals surface area contributed by atoms with Crippen molar-refractivity contribution in [2.45, 2.75) is 31.8 Å². The monoisotopic (exact) mass is 233 g/mol. The first-order valence-corrected chi connectivity index (χ1v) is 5.97. The maximum atomic E-state index is 11.9. The molecular formula is C11H15N5O. The Hall–Kier alpha value is -1.69. The fourth-order valence-corrected chi connectivity index (χ4v) is 1.85. The molecule has 0 radical (unpaired) electrons. The van der Waals surface area contributed by atoms with E-state index in [2.05, 4.69) is 15.4 Å². The van der Waals surface area contributed by atoms with Gasteiger partial charge in [0, 0.05) is 25.0 Å². The number of rotatable bonds is 5. The fourth-order valence-electron chi connectivity index (χ4n) is 1.85. The summed E-state index contributed by atoms with van der Waals surface area (Å²) in [7, 11) is 0. The SMILES string of the molecule is O=c1n(CCCNC2CC2)nc2cnccn12. The summed E-state index contributed by atoms with van der Waals surface area (Å²) >= 11 is 0. The molecule has 6 nitrogen and oxygen atoms in total. The normalized spacial score (nSPS) is 15.5. The van der Waals surface area contributed by atoms with Crippen LogP contribution in [0.3, 0.4) is 0 Å².